The van der Waals surface area contributed by atoms with Gasteiger partial charge in [0.1, 0.15) is 0 Å². The minimum absolute atomic E-state index is 0.0121. The molecule has 0 bridgehead atoms. The van der Waals surface area contributed by atoms with Crippen LogP contribution in [0.2, 0.25) is 0 Å². The van der Waals surface area contributed by atoms with E-state index in [1.165, 1.54) is 4.90 Å². The van der Waals surface area contributed by atoms with Gasteiger partial charge in [0.2, 0.25) is 5.91 Å². The standard InChI is InChI=1S/C32H40F3N3O2/c1-8-12-31(6,13-9-2)29(39)37-14-15-38(28(21-37)27-11-10-22(3)16-24(27)5)30(40)36(7)20-25-17-23(4)18-26(19-25)32(33,34)35/h8-11,16-19,28H,1-2,12-15,20-21H2,3-7H3. The van der Waals surface area contributed by atoms with Gasteiger partial charge in [0.15, 0.2) is 0 Å². The number of allylic oxidation sites excluding steroid dienone is 2. The van der Waals surface area contributed by atoms with Crippen LogP contribution < -0.4 is 0 Å². The quantitative estimate of drug-likeness (QED) is 0.323. The number of benzene rings is 2. The lowest BCUT2D eigenvalue weighted by Gasteiger charge is -2.45. The molecule has 5 nitrogen and oxygen atoms in total. The lowest BCUT2D eigenvalue weighted by Crippen LogP contribution is -2.57. The summed E-state index contributed by atoms with van der Waals surface area (Å²) in [6.45, 7) is 16.1. The molecule has 1 atom stereocenters. The molecule has 0 saturated carbocycles. The second-order valence-electron chi connectivity index (χ2n) is 11.2. The number of urea groups is 1. The van der Waals surface area contributed by atoms with E-state index in [0.29, 0.717) is 43.6 Å². The Kier molecular flexibility index (Phi) is 9.54. The molecule has 1 aliphatic heterocycles. The highest BCUT2D eigenvalue weighted by molar-refractivity contribution is 5.83. The minimum atomic E-state index is -4.47. The normalized spacial score (nSPS) is 16.1. The van der Waals surface area contributed by atoms with Gasteiger partial charge >= 0.3 is 12.2 Å². The zero-order chi connectivity index (χ0) is 29.8. The molecule has 0 aliphatic carbocycles. The van der Waals surface area contributed by atoms with E-state index in [-0.39, 0.29) is 18.5 Å². The van der Waals surface area contributed by atoms with Crippen LogP contribution in [0.25, 0.3) is 0 Å². The van der Waals surface area contributed by atoms with Crippen molar-refractivity contribution in [1.29, 1.82) is 0 Å². The number of carbonyl (C=O) groups is 2. The first-order valence-corrected chi connectivity index (χ1v) is 13.5. The molecule has 0 spiro atoms. The van der Waals surface area contributed by atoms with Crippen molar-refractivity contribution < 1.29 is 22.8 Å². The van der Waals surface area contributed by atoms with Crippen molar-refractivity contribution in [2.45, 2.75) is 59.3 Å². The Morgan fingerprint density at radius 1 is 1.00 bits per heavy atom. The summed E-state index contributed by atoms with van der Waals surface area (Å²) in [5.41, 5.74) is 2.51. The van der Waals surface area contributed by atoms with Gasteiger partial charge in [0.05, 0.1) is 17.0 Å². The third kappa shape index (κ3) is 6.95. The van der Waals surface area contributed by atoms with Gasteiger partial charge in [0.25, 0.3) is 0 Å². The third-order valence-electron chi connectivity index (χ3n) is 7.61. The van der Waals surface area contributed by atoms with Crippen molar-refractivity contribution in [2.24, 2.45) is 5.41 Å². The van der Waals surface area contributed by atoms with Gasteiger partial charge < -0.3 is 14.7 Å². The number of rotatable bonds is 8. The summed E-state index contributed by atoms with van der Waals surface area (Å²) in [7, 11) is 1.60. The second-order valence-corrected chi connectivity index (χ2v) is 11.2. The largest absolute Gasteiger partial charge is 0.416 e. The van der Waals surface area contributed by atoms with Crippen molar-refractivity contribution in [3.8, 4) is 0 Å². The van der Waals surface area contributed by atoms with Gasteiger partial charge in [-0.3, -0.25) is 4.79 Å². The van der Waals surface area contributed by atoms with Crippen LogP contribution in [0.1, 0.15) is 59.2 Å². The molecule has 1 aliphatic rings. The number of nitrogens with zero attached hydrogens (tertiary/aromatic N) is 3. The predicted molar refractivity (Wildman–Crippen MR) is 153 cm³/mol. The Bertz CT molecular complexity index is 1260. The zero-order valence-electron chi connectivity index (χ0n) is 24.1. The number of halogens is 3. The Hall–Kier alpha value is -3.55. The molecule has 216 valence electrons. The maximum absolute atomic E-state index is 13.8. The van der Waals surface area contributed by atoms with E-state index < -0.39 is 23.2 Å². The van der Waals surface area contributed by atoms with E-state index in [1.54, 1.807) is 37.1 Å². The summed E-state index contributed by atoms with van der Waals surface area (Å²) < 4.78 is 40.2. The molecule has 1 unspecified atom stereocenters. The summed E-state index contributed by atoms with van der Waals surface area (Å²) in [6, 6.07) is 9.18. The van der Waals surface area contributed by atoms with Crippen LogP contribution in [0.15, 0.2) is 61.7 Å². The average Bonchev–Trinajstić information content (AvgIpc) is 2.87. The SMILES string of the molecule is C=CCC(C)(CC=C)C(=O)N1CCN(C(=O)N(C)Cc2cc(C)cc(C(F)(F)F)c2)C(c2ccc(C)cc2C)C1. The molecule has 3 amide bonds. The van der Waals surface area contributed by atoms with E-state index in [0.717, 1.165) is 28.8 Å². The maximum atomic E-state index is 13.8. The fraction of sp³-hybridized carbons (Fsp3) is 0.438. The highest BCUT2D eigenvalue weighted by Gasteiger charge is 2.41. The van der Waals surface area contributed by atoms with Crippen LogP contribution in [-0.4, -0.2) is 53.3 Å². The molecular weight excluding hydrogens is 515 g/mol. The Morgan fingerprint density at radius 3 is 2.23 bits per heavy atom. The van der Waals surface area contributed by atoms with Gasteiger partial charge in [-0.25, -0.2) is 4.79 Å². The Balaban J connectivity index is 1.92. The fourth-order valence-electron chi connectivity index (χ4n) is 5.62. The number of carbonyl (C=O) groups excluding carboxylic acids is 2. The van der Waals surface area contributed by atoms with Crippen LogP contribution in [0.5, 0.6) is 0 Å². The molecule has 2 aromatic rings. The third-order valence-corrected chi connectivity index (χ3v) is 7.61. The van der Waals surface area contributed by atoms with Crippen LogP contribution in [0, 0.1) is 26.2 Å². The number of hydrogen-bond acceptors (Lipinski definition) is 2. The van der Waals surface area contributed by atoms with E-state index in [2.05, 4.69) is 13.2 Å². The molecule has 0 radical (unpaired) electrons. The van der Waals surface area contributed by atoms with E-state index in [9.17, 15) is 22.8 Å². The summed E-state index contributed by atoms with van der Waals surface area (Å²) in [5, 5.41) is 0. The van der Waals surface area contributed by atoms with Crippen molar-refractivity contribution in [3.63, 3.8) is 0 Å². The molecule has 0 N–H and O–H groups in total. The topological polar surface area (TPSA) is 43.9 Å². The first-order chi connectivity index (χ1) is 18.7. The van der Waals surface area contributed by atoms with Crippen LogP contribution >= 0.6 is 0 Å². The van der Waals surface area contributed by atoms with Crippen molar-refractivity contribution in [3.05, 3.63) is 95.1 Å². The molecule has 3 rings (SSSR count). The number of hydrogen-bond donors (Lipinski definition) is 0. The number of amides is 3. The fourth-order valence-corrected chi connectivity index (χ4v) is 5.62. The van der Waals surface area contributed by atoms with Gasteiger partial charge in [0, 0.05) is 33.2 Å². The van der Waals surface area contributed by atoms with E-state index >= 15 is 0 Å². The van der Waals surface area contributed by atoms with Crippen molar-refractivity contribution in [1.82, 2.24) is 14.7 Å². The van der Waals surface area contributed by atoms with Crippen LogP contribution in [-0.2, 0) is 17.5 Å². The molecule has 1 heterocycles. The average molecular weight is 556 g/mol. The maximum Gasteiger partial charge on any atom is 0.416 e. The molecular formula is C32H40F3N3O2. The summed E-state index contributed by atoms with van der Waals surface area (Å²) in [6.07, 6.45) is 0.0290. The summed E-state index contributed by atoms with van der Waals surface area (Å²) in [5.74, 6) is -0.0121. The summed E-state index contributed by atoms with van der Waals surface area (Å²) >= 11 is 0. The van der Waals surface area contributed by atoms with Crippen LogP contribution in [0.4, 0.5) is 18.0 Å². The number of alkyl halides is 3. The lowest BCUT2D eigenvalue weighted by atomic mass is 9.81. The Labute approximate surface area is 236 Å². The van der Waals surface area contributed by atoms with E-state index in [4.69, 9.17) is 0 Å². The molecule has 0 aromatic heterocycles. The van der Waals surface area contributed by atoms with Gasteiger partial charge in [-0.05, 0) is 62.4 Å². The molecule has 2 aromatic carbocycles. The first kappa shape index (κ1) is 31.0. The number of aryl methyl sites for hydroxylation is 3. The van der Waals surface area contributed by atoms with Gasteiger partial charge in [-0.2, -0.15) is 13.2 Å². The lowest BCUT2D eigenvalue weighted by molar-refractivity contribution is -0.143. The monoisotopic (exact) mass is 555 g/mol. The molecule has 1 saturated heterocycles. The highest BCUT2D eigenvalue weighted by Crippen LogP contribution is 2.35. The van der Waals surface area contributed by atoms with Crippen molar-refractivity contribution >= 4 is 11.9 Å². The van der Waals surface area contributed by atoms with Crippen LogP contribution in [0.3, 0.4) is 0 Å². The van der Waals surface area contributed by atoms with Crippen molar-refractivity contribution in [2.75, 3.05) is 26.7 Å². The highest BCUT2D eigenvalue weighted by atomic mass is 19.4. The zero-order valence-corrected chi connectivity index (χ0v) is 24.1. The first-order valence-electron chi connectivity index (χ1n) is 13.5. The van der Waals surface area contributed by atoms with Gasteiger partial charge in [-0.15, -0.1) is 13.2 Å². The molecule has 8 heteroatoms. The second kappa shape index (κ2) is 12.3. The molecule has 40 heavy (non-hydrogen) atoms. The number of piperazine rings is 1. The van der Waals surface area contributed by atoms with E-state index in [1.807, 2.05) is 43.9 Å². The summed E-state index contributed by atoms with van der Waals surface area (Å²) in [4.78, 5) is 32.5. The molecule has 1 fully saturated rings. The predicted octanol–water partition coefficient (Wildman–Crippen LogP) is 7.23. The van der Waals surface area contributed by atoms with Gasteiger partial charge in [-0.1, -0.05) is 54.5 Å². The minimum Gasteiger partial charge on any atom is -0.338 e. The Morgan fingerprint density at radius 2 is 1.65 bits per heavy atom. The smallest absolute Gasteiger partial charge is 0.338 e.